The van der Waals surface area contributed by atoms with Crippen LogP contribution in [0.1, 0.15) is 12.2 Å². The van der Waals surface area contributed by atoms with Crippen LogP contribution in [-0.4, -0.2) is 42.0 Å². The van der Waals surface area contributed by atoms with Gasteiger partial charge in [-0.15, -0.1) is 0 Å². The minimum atomic E-state index is 0.0508. The Morgan fingerprint density at radius 1 is 1.62 bits per heavy atom. The summed E-state index contributed by atoms with van der Waals surface area (Å²) >= 11 is 0. The van der Waals surface area contributed by atoms with Gasteiger partial charge in [0.2, 0.25) is 0 Å². The molecule has 2 N–H and O–H groups in total. The Bertz CT molecular complexity index is 350. The molecule has 16 heavy (non-hydrogen) atoms. The maximum atomic E-state index is 11.9. The standard InChI is InChI=1S/C11H17N3O2/c1-13-9(4-5-12)7-14(11(13)15)8-10-3-2-6-16-10/h2-3,6,9H,4-5,7-8,12H2,1H3. The predicted molar refractivity (Wildman–Crippen MR) is 59.7 cm³/mol. The quantitative estimate of drug-likeness (QED) is 0.823. The van der Waals surface area contributed by atoms with Crippen LogP contribution in [0.15, 0.2) is 22.8 Å². The third-order valence-electron chi connectivity index (χ3n) is 2.98. The minimum absolute atomic E-state index is 0.0508. The van der Waals surface area contributed by atoms with Crippen molar-refractivity contribution in [1.82, 2.24) is 9.80 Å². The van der Waals surface area contributed by atoms with E-state index in [1.54, 1.807) is 16.1 Å². The molecule has 1 atom stereocenters. The Balaban J connectivity index is 1.99. The molecule has 1 saturated heterocycles. The van der Waals surface area contributed by atoms with Crippen LogP contribution in [0.25, 0.3) is 0 Å². The summed E-state index contributed by atoms with van der Waals surface area (Å²) in [7, 11) is 1.82. The molecule has 5 nitrogen and oxygen atoms in total. The first-order chi connectivity index (χ1) is 7.72. The van der Waals surface area contributed by atoms with Crippen molar-refractivity contribution in [3.8, 4) is 0 Å². The number of carbonyl (C=O) groups excluding carboxylic acids is 1. The minimum Gasteiger partial charge on any atom is -0.467 e. The summed E-state index contributed by atoms with van der Waals surface area (Å²) in [4.78, 5) is 15.4. The number of nitrogens with zero attached hydrogens (tertiary/aromatic N) is 2. The van der Waals surface area contributed by atoms with E-state index in [0.717, 1.165) is 18.7 Å². The topological polar surface area (TPSA) is 62.7 Å². The number of furan rings is 1. The molecule has 0 bridgehead atoms. The number of rotatable bonds is 4. The van der Waals surface area contributed by atoms with Gasteiger partial charge in [-0.05, 0) is 25.1 Å². The summed E-state index contributed by atoms with van der Waals surface area (Å²) < 4.78 is 5.24. The summed E-state index contributed by atoms with van der Waals surface area (Å²) in [6.45, 7) is 1.88. The van der Waals surface area contributed by atoms with E-state index in [1.807, 2.05) is 19.2 Å². The van der Waals surface area contributed by atoms with Crippen molar-refractivity contribution in [1.29, 1.82) is 0 Å². The molecule has 0 spiro atoms. The molecule has 1 unspecified atom stereocenters. The van der Waals surface area contributed by atoms with E-state index in [4.69, 9.17) is 10.2 Å². The fourth-order valence-corrected chi connectivity index (χ4v) is 2.03. The van der Waals surface area contributed by atoms with Crippen LogP contribution in [0.3, 0.4) is 0 Å². The first-order valence-electron chi connectivity index (χ1n) is 5.46. The van der Waals surface area contributed by atoms with Gasteiger partial charge >= 0.3 is 6.03 Å². The Morgan fingerprint density at radius 2 is 2.44 bits per heavy atom. The van der Waals surface area contributed by atoms with Crippen molar-refractivity contribution in [2.75, 3.05) is 20.1 Å². The van der Waals surface area contributed by atoms with E-state index in [-0.39, 0.29) is 12.1 Å². The molecule has 1 aliphatic rings. The van der Waals surface area contributed by atoms with E-state index >= 15 is 0 Å². The van der Waals surface area contributed by atoms with Crippen molar-refractivity contribution >= 4 is 6.03 Å². The summed E-state index contributed by atoms with van der Waals surface area (Å²) in [6.07, 6.45) is 2.47. The first kappa shape index (κ1) is 11.0. The van der Waals surface area contributed by atoms with Gasteiger partial charge in [0.05, 0.1) is 18.8 Å². The Hall–Kier alpha value is -1.49. The SMILES string of the molecule is CN1C(=O)N(Cc2ccco2)CC1CCN. The third kappa shape index (κ3) is 2.04. The third-order valence-corrected chi connectivity index (χ3v) is 2.98. The lowest BCUT2D eigenvalue weighted by Crippen LogP contribution is -2.32. The van der Waals surface area contributed by atoms with Gasteiger partial charge in [0.25, 0.3) is 0 Å². The van der Waals surface area contributed by atoms with Crippen molar-refractivity contribution < 1.29 is 9.21 Å². The zero-order chi connectivity index (χ0) is 11.5. The molecule has 2 amide bonds. The molecule has 2 rings (SSSR count). The summed E-state index contributed by atoms with van der Waals surface area (Å²) in [6, 6.07) is 3.99. The van der Waals surface area contributed by atoms with Crippen LogP contribution in [-0.2, 0) is 6.54 Å². The number of hydrogen-bond donors (Lipinski definition) is 1. The Labute approximate surface area is 94.8 Å². The molecular formula is C11H17N3O2. The largest absolute Gasteiger partial charge is 0.467 e. The smallest absolute Gasteiger partial charge is 0.320 e. The lowest BCUT2D eigenvalue weighted by Gasteiger charge is -2.16. The Morgan fingerprint density at radius 3 is 3.06 bits per heavy atom. The van der Waals surface area contributed by atoms with Crippen molar-refractivity contribution in [3.05, 3.63) is 24.2 Å². The molecule has 0 aromatic carbocycles. The second-order valence-electron chi connectivity index (χ2n) is 4.08. The summed E-state index contributed by atoms with van der Waals surface area (Å²) in [5, 5.41) is 0. The highest BCUT2D eigenvalue weighted by Crippen LogP contribution is 2.18. The summed E-state index contributed by atoms with van der Waals surface area (Å²) in [5.41, 5.74) is 5.52. The molecular weight excluding hydrogens is 206 g/mol. The van der Waals surface area contributed by atoms with Crippen LogP contribution in [0.2, 0.25) is 0 Å². The average Bonchev–Trinajstić information content (AvgIpc) is 2.85. The van der Waals surface area contributed by atoms with E-state index in [0.29, 0.717) is 13.1 Å². The monoisotopic (exact) mass is 223 g/mol. The molecule has 0 saturated carbocycles. The van der Waals surface area contributed by atoms with Crippen LogP contribution < -0.4 is 5.73 Å². The van der Waals surface area contributed by atoms with Gasteiger partial charge in [-0.1, -0.05) is 0 Å². The van der Waals surface area contributed by atoms with Gasteiger partial charge in [-0.3, -0.25) is 0 Å². The molecule has 5 heteroatoms. The van der Waals surface area contributed by atoms with Gasteiger partial charge in [0, 0.05) is 13.6 Å². The highest BCUT2D eigenvalue weighted by molar-refractivity contribution is 5.76. The first-order valence-corrected chi connectivity index (χ1v) is 5.46. The van der Waals surface area contributed by atoms with E-state index in [1.165, 1.54) is 0 Å². The lowest BCUT2D eigenvalue weighted by molar-refractivity contribution is 0.191. The van der Waals surface area contributed by atoms with Crippen LogP contribution >= 0.6 is 0 Å². The normalized spacial score (nSPS) is 20.9. The number of likely N-dealkylation sites (N-methyl/N-ethyl adjacent to an activating group) is 1. The highest BCUT2D eigenvalue weighted by atomic mass is 16.3. The van der Waals surface area contributed by atoms with Gasteiger partial charge in [-0.2, -0.15) is 0 Å². The summed E-state index contributed by atoms with van der Waals surface area (Å²) in [5.74, 6) is 0.815. The number of nitrogens with two attached hydrogens (primary N) is 1. The second-order valence-corrected chi connectivity index (χ2v) is 4.08. The molecule has 1 fully saturated rings. The number of amides is 2. The van der Waals surface area contributed by atoms with Crippen molar-refractivity contribution in [3.63, 3.8) is 0 Å². The number of urea groups is 1. The van der Waals surface area contributed by atoms with Gasteiger partial charge in [0.1, 0.15) is 5.76 Å². The maximum absolute atomic E-state index is 11.9. The Kier molecular flexibility index (Phi) is 3.14. The molecule has 2 heterocycles. The fraction of sp³-hybridized carbons (Fsp3) is 0.545. The molecule has 1 aromatic rings. The molecule has 88 valence electrons. The molecule has 0 aliphatic carbocycles. The van der Waals surface area contributed by atoms with Crippen LogP contribution in [0.5, 0.6) is 0 Å². The fourth-order valence-electron chi connectivity index (χ4n) is 2.03. The number of carbonyl (C=O) groups is 1. The van der Waals surface area contributed by atoms with E-state index in [2.05, 4.69) is 0 Å². The van der Waals surface area contributed by atoms with Crippen LogP contribution in [0, 0.1) is 0 Å². The van der Waals surface area contributed by atoms with Crippen molar-refractivity contribution in [2.24, 2.45) is 5.73 Å². The van der Waals surface area contributed by atoms with E-state index in [9.17, 15) is 4.79 Å². The average molecular weight is 223 g/mol. The zero-order valence-electron chi connectivity index (χ0n) is 9.43. The second kappa shape index (κ2) is 4.57. The van der Waals surface area contributed by atoms with Crippen LogP contribution in [0.4, 0.5) is 4.79 Å². The van der Waals surface area contributed by atoms with E-state index < -0.39 is 0 Å². The predicted octanol–water partition coefficient (Wildman–Crippen LogP) is 0.864. The highest BCUT2D eigenvalue weighted by Gasteiger charge is 2.34. The van der Waals surface area contributed by atoms with Gasteiger partial charge in [0.15, 0.2) is 0 Å². The lowest BCUT2D eigenvalue weighted by atomic mass is 10.2. The number of hydrogen-bond acceptors (Lipinski definition) is 3. The van der Waals surface area contributed by atoms with Crippen molar-refractivity contribution in [2.45, 2.75) is 19.0 Å². The van der Waals surface area contributed by atoms with Gasteiger partial charge < -0.3 is 20.0 Å². The zero-order valence-corrected chi connectivity index (χ0v) is 9.43. The molecule has 0 radical (unpaired) electrons. The molecule has 1 aromatic heterocycles. The maximum Gasteiger partial charge on any atom is 0.320 e. The van der Waals surface area contributed by atoms with Gasteiger partial charge in [-0.25, -0.2) is 4.79 Å². The molecule has 1 aliphatic heterocycles.